The number of nitrogens with zero attached hydrogens (tertiary/aromatic N) is 2. The quantitative estimate of drug-likeness (QED) is 0.785. The van der Waals surface area contributed by atoms with Gasteiger partial charge in [-0.25, -0.2) is 0 Å². The number of benzene rings is 1. The summed E-state index contributed by atoms with van der Waals surface area (Å²) in [5, 5.41) is 0. The molecule has 1 aliphatic rings. The zero-order chi connectivity index (χ0) is 14.7. The van der Waals surface area contributed by atoms with E-state index in [-0.39, 0.29) is 0 Å². The van der Waals surface area contributed by atoms with E-state index in [1.807, 2.05) is 20.9 Å². The molecular weight excluding hydrogens is 248 g/mol. The molecular formula is C17H24N2O. The second-order valence-corrected chi connectivity index (χ2v) is 5.43. The molecule has 0 bridgehead atoms. The molecule has 0 aromatic heterocycles. The van der Waals surface area contributed by atoms with Crippen LogP contribution in [0.15, 0.2) is 23.7 Å². The number of rotatable bonds is 3. The van der Waals surface area contributed by atoms with Crippen molar-refractivity contribution in [3.8, 4) is 0 Å². The zero-order valence-electron chi connectivity index (χ0n) is 13.0. The highest BCUT2D eigenvalue weighted by molar-refractivity contribution is 6.03. The lowest BCUT2D eigenvalue weighted by atomic mass is 9.95. The Bertz CT molecular complexity index is 540. The van der Waals surface area contributed by atoms with Crippen LogP contribution in [0.25, 0.3) is 5.57 Å². The maximum absolute atomic E-state index is 5.57. The van der Waals surface area contributed by atoms with Crippen LogP contribution < -0.4 is 4.90 Å². The van der Waals surface area contributed by atoms with Crippen LogP contribution in [0.2, 0.25) is 0 Å². The fourth-order valence-electron chi connectivity index (χ4n) is 2.60. The summed E-state index contributed by atoms with van der Waals surface area (Å²) >= 11 is 0. The Hall–Kier alpha value is -1.61. The van der Waals surface area contributed by atoms with Gasteiger partial charge in [0.05, 0.1) is 6.61 Å². The summed E-state index contributed by atoms with van der Waals surface area (Å²) in [6.07, 6.45) is 1.08. The lowest BCUT2D eigenvalue weighted by molar-refractivity contribution is 0.107. The lowest BCUT2D eigenvalue weighted by Gasteiger charge is -2.31. The van der Waals surface area contributed by atoms with Gasteiger partial charge in [0.1, 0.15) is 6.73 Å². The first-order valence-electron chi connectivity index (χ1n) is 7.11. The number of ether oxygens (including phenoxy) is 1. The molecule has 1 aromatic rings. The van der Waals surface area contributed by atoms with Crippen molar-refractivity contribution in [2.75, 3.05) is 31.8 Å². The average molecular weight is 272 g/mol. The van der Waals surface area contributed by atoms with Crippen molar-refractivity contribution in [2.24, 2.45) is 4.99 Å². The number of allylic oxidation sites excluding steroid dienone is 1. The molecule has 0 radical (unpaired) electrons. The van der Waals surface area contributed by atoms with Crippen LogP contribution in [-0.4, -0.2) is 32.6 Å². The highest BCUT2D eigenvalue weighted by Crippen LogP contribution is 2.29. The van der Waals surface area contributed by atoms with Gasteiger partial charge in [0, 0.05) is 30.6 Å². The largest absolute Gasteiger partial charge is 0.361 e. The topological polar surface area (TPSA) is 24.8 Å². The van der Waals surface area contributed by atoms with Gasteiger partial charge >= 0.3 is 0 Å². The minimum Gasteiger partial charge on any atom is -0.361 e. The third-order valence-corrected chi connectivity index (χ3v) is 3.83. The van der Waals surface area contributed by atoms with Crippen molar-refractivity contribution in [3.05, 3.63) is 35.4 Å². The number of aliphatic imine (C=N–C) groups is 1. The van der Waals surface area contributed by atoms with Crippen molar-refractivity contribution < 1.29 is 4.74 Å². The third kappa shape index (κ3) is 2.93. The second-order valence-electron chi connectivity index (χ2n) is 5.43. The molecule has 0 aliphatic carbocycles. The van der Waals surface area contributed by atoms with Crippen LogP contribution in [0, 0.1) is 6.92 Å². The van der Waals surface area contributed by atoms with E-state index in [0.29, 0.717) is 6.73 Å². The highest BCUT2D eigenvalue weighted by Gasteiger charge is 2.17. The van der Waals surface area contributed by atoms with E-state index in [2.05, 4.69) is 35.5 Å². The van der Waals surface area contributed by atoms with E-state index in [9.17, 15) is 0 Å². The monoisotopic (exact) mass is 272 g/mol. The Kier molecular flexibility index (Phi) is 4.61. The van der Waals surface area contributed by atoms with Gasteiger partial charge in [-0.05, 0) is 50.5 Å². The van der Waals surface area contributed by atoms with Crippen LogP contribution in [0.1, 0.15) is 37.0 Å². The molecule has 0 saturated carbocycles. The standard InChI is InChI=1S/C17H24N2O/c1-12(2)15-9-13(3)17(10-16(15)14(4)18-5)19-7-6-8-20-11-19/h9-10H,1,6-8,11H2,2-5H3. The first-order valence-corrected chi connectivity index (χ1v) is 7.11. The van der Waals surface area contributed by atoms with Crippen molar-refractivity contribution in [1.29, 1.82) is 0 Å². The smallest absolute Gasteiger partial charge is 0.118 e. The molecule has 1 fully saturated rings. The molecule has 2 rings (SSSR count). The number of hydrogen-bond donors (Lipinski definition) is 0. The Morgan fingerprint density at radius 2 is 2.05 bits per heavy atom. The Morgan fingerprint density at radius 1 is 1.30 bits per heavy atom. The summed E-state index contributed by atoms with van der Waals surface area (Å²) in [4.78, 5) is 6.64. The van der Waals surface area contributed by atoms with Gasteiger partial charge in [0.2, 0.25) is 0 Å². The molecule has 0 atom stereocenters. The fourth-order valence-corrected chi connectivity index (χ4v) is 2.60. The van der Waals surface area contributed by atoms with Gasteiger partial charge < -0.3 is 9.64 Å². The van der Waals surface area contributed by atoms with Gasteiger partial charge in [-0.2, -0.15) is 0 Å². The molecule has 1 aromatic carbocycles. The van der Waals surface area contributed by atoms with Crippen LogP contribution in [0.3, 0.4) is 0 Å². The molecule has 3 nitrogen and oxygen atoms in total. The molecule has 1 aliphatic heterocycles. The van der Waals surface area contributed by atoms with Crippen molar-refractivity contribution in [2.45, 2.75) is 27.2 Å². The SMILES string of the molecule is C=C(C)c1cc(C)c(N2CCCOC2)cc1C(C)=NC. The summed E-state index contributed by atoms with van der Waals surface area (Å²) in [5.74, 6) is 0. The van der Waals surface area contributed by atoms with Crippen LogP contribution in [0.4, 0.5) is 5.69 Å². The molecule has 0 N–H and O–H groups in total. The molecule has 0 unspecified atom stereocenters. The molecule has 1 heterocycles. The molecule has 3 heteroatoms. The van der Waals surface area contributed by atoms with Gasteiger partial charge in [-0.3, -0.25) is 4.99 Å². The summed E-state index contributed by atoms with van der Waals surface area (Å²) in [7, 11) is 1.83. The first-order chi connectivity index (χ1) is 9.54. The molecule has 108 valence electrons. The minimum atomic E-state index is 0.676. The second kappa shape index (κ2) is 6.23. The van der Waals surface area contributed by atoms with Crippen molar-refractivity contribution in [3.63, 3.8) is 0 Å². The van der Waals surface area contributed by atoms with E-state index in [1.165, 1.54) is 22.4 Å². The van der Waals surface area contributed by atoms with Gasteiger partial charge in [0.25, 0.3) is 0 Å². The van der Waals surface area contributed by atoms with E-state index in [1.54, 1.807) is 0 Å². The Morgan fingerprint density at radius 3 is 2.60 bits per heavy atom. The number of anilines is 1. The molecule has 0 amide bonds. The summed E-state index contributed by atoms with van der Waals surface area (Å²) in [6.45, 7) is 12.9. The predicted molar refractivity (Wildman–Crippen MR) is 86.8 cm³/mol. The number of aryl methyl sites for hydroxylation is 1. The fraction of sp³-hybridized carbons (Fsp3) is 0.471. The average Bonchev–Trinajstić information content (AvgIpc) is 2.47. The molecule has 1 saturated heterocycles. The van der Waals surface area contributed by atoms with Crippen molar-refractivity contribution >= 4 is 17.0 Å². The van der Waals surface area contributed by atoms with E-state index < -0.39 is 0 Å². The molecule has 0 spiro atoms. The zero-order valence-corrected chi connectivity index (χ0v) is 13.0. The normalized spacial score (nSPS) is 16.4. The van der Waals surface area contributed by atoms with Crippen molar-refractivity contribution in [1.82, 2.24) is 0 Å². The van der Waals surface area contributed by atoms with Crippen LogP contribution >= 0.6 is 0 Å². The maximum Gasteiger partial charge on any atom is 0.118 e. The highest BCUT2D eigenvalue weighted by atomic mass is 16.5. The summed E-state index contributed by atoms with van der Waals surface area (Å²) < 4.78 is 5.57. The van der Waals surface area contributed by atoms with E-state index in [0.717, 1.165) is 30.9 Å². The Balaban J connectivity index is 2.51. The first kappa shape index (κ1) is 14.8. The third-order valence-electron chi connectivity index (χ3n) is 3.83. The minimum absolute atomic E-state index is 0.676. The summed E-state index contributed by atoms with van der Waals surface area (Å²) in [6, 6.07) is 4.45. The van der Waals surface area contributed by atoms with E-state index >= 15 is 0 Å². The molecule has 20 heavy (non-hydrogen) atoms. The number of hydrogen-bond acceptors (Lipinski definition) is 3. The lowest BCUT2D eigenvalue weighted by Crippen LogP contribution is -2.33. The predicted octanol–water partition coefficient (Wildman–Crippen LogP) is 3.65. The van der Waals surface area contributed by atoms with Crippen LogP contribution in [-0.2, 0) is 4.74 Å². The summed E-state index contributed by atoms with van der Waals surface area (Å²) in [5.41, 5.74) is 6.99. The Labute approximate surface area is 122 Å². The van der Waals surface area contributed by atoms with E-state index in [4.69, 9.17) is 4.74 Å². The maximum atomic E-state index is 5.57. The van der Waals surface area contributed by atoms with Crippen LogP contribution in [0.5, 0.6) is 0 Å². The van der Waals surface area contributed by atoms with Gasteiger partial charge in [0.15, 0.2) is 0 Å². The van der Waals surface area contributed by atoms with Gasteiger partial charge in [-0.1, -0.05) is 12.2 Å². The van der Waals surface area contributed by atoms with Gasteiger partial charge in [-0.15, -0.1) is 0 Å².